The van der Waals surface area contributed by atoms with E-state index in [0.717, 1.165) is 6.26 Å². The predicted molar refractivity (Wildman–Crippen MR) is 115 cm³/mol. The number of ether oxygens (including phenoxy) is 2. The number of sulfonamides is 1. The van der Waals surface area contributed by atoms with Crippen LogP contribution in [0.25, 0.3) is 0 Å². The zero-order chi connectivity index (χ0) is 22.3. The van der Waals surface area contributed by atoms with Crippen LogP contribution < -0.4 is 9.04 Å². The van der Waals surface area contributed by atoms with E-state index in [-0.39, 0.29) is 17.8 Å². The number of anilines is 1. The van der Waals surface area contributed by atoms with E-state index in [9.17, 15) is 18.0 Å². The zero-order valence-corrected chi connectivity index (χ0v) is 19.0. The molecule has 0 aliphatic carbocycles. The Morgan fingerprint density at radius 3 is 2.17 bits per heavy atom. The van der Waals surface area contributed by atoms with Crippen LogP contribution in [0.3, 0.4) is 0 Å². The highest BCUT2D eigenvalue weighted by molar-refractivity contribution is 7.92. The molecule has 0 saturated carbocycles. The number of carbonyl (C=O) groups excluding carboxylic acids is 2. The maximum absolute atomic E-state index is 13.2. The van der Waals surface area contributed by atoms with Crippen molar-refractivity contribution in [3.8, 4) is 5.75 Å². The van der Waals surface area contributed by atoms with Crippen molar-refractivity contribution in [2.75, 3.05) is 36.9 Å². The van der Waals surface area contributed by atoms with E-state index in [1.165, 1.54) is 4.31 Å². The average Bonchev–Trinajstić information content (AvgIpc) is 2.72. The van der Waals surface area contributed by atoms with Gasteiger partial charge < -0.3 is 14.4 Å². The van der Waals surface area contributed by atoms with Crippen LogP contribution in [0.4, 0.5) is 5.69 Å². The van der Waals surface area contributed by atoms with E-state index in [0.29, 0.717) is 57.0 Å². The van der Waals surface area contributed by atoms with Gasteiger partial charge in [-0.05, 0) is 57.4 Å². The second kappa shape index (κ2) is 10.7. The van der Waals surface area contributed by atoms with Crippen LogP contribution in [0.5, 0.6) is 5.75 Å². The standard InChI is InChI=1S/C21H32N2O6S/c1-5-19(20(24)22-14-12-16(13-15-22)21(25)29-7-3)23(30(4,26)27)17-8-10-18(11-9-17)28-6-2/h8-11,16,19H,5-7,12-15H2,1-4H3/t19-/m0/s1. The Labute approximate surface area is 179 Å². The quantitative estimate of drug-likeness (QED) is 0.548. The van der Waals surface area contributed by atoms with Gasteiger partial charge in [0, 0.05) is 13.1 Å². The molecule has 9 heteroatoms. The fraction of sp³-hybridized carbons (Fsp3) is 0.619. The zero-order valence-electron chi connectivity index (χ0n) is 18.2. The van der Waals surface area contributed by atoms with Gasteiger partial charge in [-0.2, -0.15) is 0 Å². The molecule has 1 amide bonds. The number of rotatable bonds is 9. The van der Waals surface area contributed by atoms with Gasteiger partial charge in [0.05, 0.1) is 31.1 Å². The van der Waals surface area contributed by atoms with Crippen LogP contribution in [0, 0.1) is 5.92 Å². The first-order valence-corrected chi connectivity index (χ1v) is 12.2. The lowest BCUT2D eigenvalue weighted by Crippen LogP contribution is -2.52. The topological polar surface area (TPSA) is 93.2 Å². The lowest BCUT2D eigenvalue weighted by Gasteiger charge is -2.37. The molecule has 8 nitrogen and oxygen atoms in total. The molecule has 1 aromatic carbocycles. The van der Waals surface area contributed by atoms with Crippen LogP contribution in [0.15, 0.2) is 24.3 Å². The fourth-order valence-corrected chi connectivity index (χ4v) is 4.91. The summed E-state index contributed by atoms with van der Waals surface area (Å²) in [5.74, 6) is -0.0655. The van der Waals surface area contributed by atoms with Crippen molar-refractivity contribution < 1.29 is 27.5 Å². The Morgan fingerprint density at radius 2 is 1.70 bits per heavy atom. The van der Waals surface area contributed by atoms with Crippen molar-refractivity contribution in [2.24, 2.45) is 5.92 Å². The summed E-state index contributed by atoms with van der Waals surface area (Å²) in [6.07, 6.45) is 2.47. The van der Waals surface area contributed by atoms with E-state index in [1.54, 1.807) is 43.0 Å². The van der Waals surface area contributed by atoms with E-state index in [2.05, 4.69) is 0 Å². The molecule has 168 valence electrons. The fourth-order valence-electron chi connectivity index (χ4n) is 3.71. The Kier molecular flexibility index (Phi) is 8.52. The third-order valence-corrected chi connectivity index (χ3v) is 6.32. The lowest BCUT2D eigenvalue weighted by atomic mass is 9.96. The first-order chi connectivity index (χ1) is 14.2. The van der Waals surface area contributed by atoms with Gasteiger partial charge in [0.15, 0.2) is 0 Å². The first kappa shape index (κ1) is 24.0. The molecule has 0 radical (unpaired) electrons. The van der Waals surface area contributed by atoms with Gasteiger partial charge >= 0.3 is 5.97 Å². The monoisotopic (exact) mass is 440 g/mol. The number of hydrogen-bond acceptors (Lipinski definition) is 6. The number of piperidine rings is 1. The van der Waals surface area contributed by atoms with E-state index in [1.807, 2.05) is 6.92 Å². The summed E-state index contributed by atoms with van der Waals surface area (Å²) in [5.41, 5.74) is 0.419. The molecule has 1 heterocycles. The third-order valence-electron chi connectivity index (χ3n) is 5.14. The average molecular weight is 441 g/mol. The van der Waals surface area contributed by atoms with Crippen molar-refractivity contribution >= 4 is 27.6 Å². The normalized spacial score (nSPS) is 16.1. The molecule has 0 N–H and O–H groups in total. The third kappa shape index (κ3) is 5.87. The Morgan fingerprint density at radius 1 is 1.10 bits per heavy atom. The minimum atomic E-state index is -3.70. The molecule has 1 aromatic rings. The van der Waals surface area contributed by atoms with Crippen LogP contribution in [-0.4, -0.2) is 63.8 Å². The maximum atomic E-state index is 13.2. The van der Waals surface area contributed by atoms with Crippen molar-refractivity contribution in [1.82, 2.24) is 4.90 Å². The molecular formula is C21H32N2O6S. The van der Waals surface area contributed by atoms with Gasteiger partial charge in [-0.3, -0.25) is 13.9 Å². The number of benzene rings is 1. The predicted octanol–water partition coefficient (Wildman–Crippen LogP) is 2.43. The summed E-state index contributed by atoms with van der Waals surface area (Å²) in [6, 6.07) is 5.83. The molecule has 1 aliphatic rings. The second-order valence-electron chi connectivity index (χ2n) is 7.26. The van der Waals surface area contributed by atoms with Crippen LogP contribution >= 0.6 is 0 Å². The first-order valence-electron chi connectivity index (χ1n) is 10.4. The molecule has 0 bridgehead atoms. The maximum Gasteiger partial charge on any atom is 0.309 e. The largest absolute Gasteiger partial charge is 0.494 e. The van der Waals surface area contributed by atoms with Crippen LogP contribution in [0.1, 0.15) is 40.0 Å². The summed E-state index contributed by atoms with van der Waals surface area (Å²) in [5, 5.41) is 0. The molecule has 0 aromatic heterocycles. The van der Waals surface area contributed by atoms with Crippen LogP contribution in [-0.2, 0) is 24.3 Å². The van der Waals surface area contributed by atoms with E-state index in [4.69, 9.17) is 9.47 Å². The minimum absolute atomic E-state index is 0.216. The molecule has 30 heavy (non-hydrogen) atoms. The van der Waals surface area contributed by atoms with Gasteiger partial charge in [0.2, 0.25) is 15.9 Å². The molecule has 2 rings (SSSR count). The van der Waals surface area contributed by atoms with E-state index >= 15 is 0 Å². The van der Waals surface area contributed by atoms with Gasteiger partial charge in [-0.1, -0.05) is 6.92 Å². The molecular weight excluding hydrogens is 408 g/mol. The Balaban J connectivity index is 2.19. The summed E-state index contributed by atoms with van der Waals surface area (Å²) >= 11 is 0. The SMILES string of the molecule is CCOC(=O)C1CCN(C(=O)[C@H](CC)N(c2ccc(OCC)cc2)S(C)(=O)=O)CC1. The molecule has 1 aliphatic heterocycles. The number of nitrogens with zero attached hydrogens (tertiary/aromatic N) is 2. The highest BCUT2D eigenvalue weighted by atomic mass is 32.2. The van der Waals surface area contributed by atoms with Crippen molar-refractivity contribution in [3.63, 3.8) is 0 Å². The minimum Gasteiger partial charge on any atom is -0.494 e. The van der Waals surface area contributed by atoms with Gasteiger partial charge in [0.25, 0.3) is 0 Å². The molecule has 1 fully saturated rings. The number of amides is 1. The Bertz CT molecular complexity index is 816. The van der Waals surface area contributed by atoms with Crippen LogP contribution in [0.2, 0.25) is 0 Å². The van der Waals surface area contributed by atoms with E-state index < -0.39 is 16.1 Å². The summed E-state index contributed by atoms with van der Waals surface area (Å²) < 4.78 is 36.9. The number of hydrogen-bond donors (Lipinski definition) is 0. The van der Waals surface area contributed by atoms with Gasteiger partial charge in [0.1, 0.15) is 11.8 Å². The Hall–Kier alpha value is -2.29. The summed E-state index contributed by atoms with van der Waals surface area (Å²) in [4.78, 5) is 26.8. The molecule has 0 spiro atoms. The smallest absolute Gasteiger partial charge is 0.309 e. The highest BCUT2D eigenvalue weighted by Crippen LogP contribution is 2.27. The summed E-state index contributed by atoms with van der Waals surface area (Å²) in [7, 11) is -3.70. The number of likely N-dealkylation sites (tertiary alicyclic amines) is 1. The highest BCUT2D eigenvalue weighted by Gasteiger charge is 2.36. The summed E-state index contributed by atoms with van der Waals surface area (Å²) in [6.45, 7) is 7.07. The number of carbonyl (C=O) groups is 2. The van der Waals surface area contributed by atoms with Crippen molar-refractivity contribution in [2.45, 2.75) is 46.1 Å². The molecule has 0 unspecified atom stereocenters. The van der Waals surface area contributed by atoms with Crippen molar-refractivity contribution in [1.29, 1.82) is 0 Å². The number of esters is 1. The molecule has 1 atom stereocenters. The van der Waals surface area contributed by atoms with Crippen molar-refractivity contribution in [3.05, 3.63) is 24.3 Å². The lowest BCUT2D eigenvalue weighted by molar-refractivity contribution is -0.151. The van der Waals surface area contributed by atoms with Gasteiger partial charge in [-0.15, -0.1) is 0 Å². The molecule has 1 saturated heterocycles. The second-order valence-corrected chi connectivity index (χ2v) is 9.12. The van der Waals surface area contributed by atoms with Gasteiger partial charge in [-0.25, -0.2) is 8.42 Å².